The van der Waals surface area contributed by atoms with Crippen LogP contribution in [0.4, 0.5) is 5.69 Å². The molecule has 164 valence electrons. The SMILES string of the molecule is CCCCOC(=O)CN1C(=O)[C@](O)(CC(=O)c2ccc(CC)cc2)c2cc(Br)ccc21. The van der Waals surface area contributed by atoms with Crippen molar-refractivity contribution in [2.24, 2.45) is 0 Å². The van der Waals surface area contributed by atoms with Crippen LogP contribution in [0.3, 0.4) is 0 Å². The summed E-state index contributed by atoms with van der Waals surface area (Å²) in [7, 11) is 0. The van der Waals surface area contributed by atoms with Gasteiger partial charge < -0.3 is 9.84 Å². The van der Waals surface area contributed by atoms with E-state index in [1.807, 2.05) is 26.0 Å². The van der Waals surface area contributed by atoms with Crippen molar-refractivity contribution in [3.05, 3.63) is 63.6 Å². The Hall–Kier alpha value is -2.51. The van der Waals surface area contributed by atoms with E-state index in [1.165, 1.54) is 4.90 Å². The highest BCUT2D eigenvalue weighted by Gasteiger charge is 2.51. The number of anilines is 1. The zero-order valence-electron chi connectivity index (χ0n) is 17.7. The van der Waals surface area contributed by atoms with Crippen molar-refractivity contribution in [2.75, 3.05) is 18.1 Å². The first-order valence-electron chi connectivity index (χ1n) is 10.4. The van der Waals surface area contributed by atoms with Gasteiger partial charge in [0, 0.05) is 15.6 Å². The number of aliphatic hydroxyl groups is 1. The molecule has 0 saturated heterocycles. The number of Topliss-reactive ketones (excluding diaryl/α,β-unsaturated/α-hetero) is 1. The van der Waals surface area contributed by atoms with Crippen LogP contribution in [0.25, 0.3) is 0 Å². The molecule has 1 N–H and O–H groups in total. The van der Waals surface area contributed by atoms with Gasteiger partial charge in [0.1, 0.15) is 6.54 Å². The summed E-state index contributed by atoms with van der Waals surface area (Å²) >= 11 is 3.36. The molecule has 3 rings (SSSR count). The maximum atomic E-state index is 13.2. The summed E-state index contributed by atoms with van der Waals surface area (Å²) in [6.45, 7) is 3.96. The van der Waals surface area contributed by atoms with Gasteiger partial charge in [-0.05, 0) is 36.6 Å². The Bertz CT molecular complexity index is 988. The molecule has 1 atom stereocenters. The normalized spacial score (nSPS) is 17.5. The number of hydrogen-bond acceptors (Lipinski definition) is 5. The molecule has 0 spiro atoms. The molecule has 1 aliphatic rings. The third-order valence-corrected chi connectivity index (χ3v) is 5.94. The van der Waals surface area contributed by atoms with E-state index in [9.17, 15) is 19.5 Å². The van der Waals surface area contributed by atoms with Gasteiger partial charge >= 0.3 is 5.97 Å². The molecule has 1 heterocycles. The van der Waals surface area contributed by atoms with Crippen LogP contribution in [0.5, 0.6) is 0 Å². The number of benzene rings is 2. The average molecular weight is 488 g/mol. The number of carbonyl (C=O) groups excluding carboxylic acids is 3. The van der Waals surface area contributed by atoms with E-state index in [4.69, 9.17) is 4.74 Å². The highest BCUT2D eigenvalue weighted by molar-refractivity contribution is 9.10. The summed E-state index contributed by atoms with van der Waals surface area (Å²) in [5.41, 5.74) is 0.161. The van der Waals surface area contributed by atoms with Crippen LogP contribution < -0.4 is 4.90 Å². The third-order valence-electron chi connectivity index (χ3n) is 5.44. The van der Waals surface area contributed by atoms with E-state index in [2.05, 4.69) is 15.9 Å². The quantitative estimate of drug-likeness (QED) is 0.326. The molecule has 0 aliphatic carbocycles. The van der Waals surface area contributed by atoms with Gasteiger partial charge in [-0.1, -0.05) is 60.5 Å². The molecule has 1 amide bonds. The fourth-order valence-corrected chi connectivity index (χ4v) is 3.98. The Kier molecular flexibility index (Phi) is 7.28. The van der Waals surface area contributed by atoms with Crippen molar-refractivity contribution in [1.82, 2.24) is 0 Å². The van der Waals surface area contributed by atoms with Gasteiger partial charge in [0.2, 0.25) is 0 Å². The fourth-order valence-electron chi connectivity index (χ4n) is 3.62. The third kappa shape index (κ3) is 4.88. The Balaban J connectivity index is 1.87. The lowest BCUT2D eigenvalue weighted by molar-refractivity contribution is -0.144. The van der Waals surface area contributed by atoms with Gasteiger partial charge in [-0.25, -0.2) is 0 Å². The van der Waals surface area contributed by atoms with Crippen LogP contribution in [0.1, 0.15) is 54.6 Å². The number of halogens is 1. The number of amides is 1. The summed E-state index contributed by atoms with van der Waals surface area (Å²) in [6, 6.07) is 12.1. The van der Waals surface area contributed by atoms with Crippen molar-refractivity contribution in [3.63, 3.8) is 0 Å². The van der Waals surface area contributed by atoms with Gasteiger partial charge in [-0.15, -0.1) is 0 Å². The maximum absolute atomic E-state index is 13.2. The lowest BCUT2D eigenvalue weighted by Gasteiger charge is -2.22. The van der Waals surface area contributed by atoms with E-state index in [1.54, 1.807) is 30.3 Å². The molecule has 31 heavy (non-hydrogen) atoms. The number of nitrogens with zero attached hydrogens (tertiary/aromatic N) is 1. The Morgan fingerprint density at radius 1 is 1.13 bits per heavy atom. The number of hydrogen-bond donors (Lipinski definition) is 1. The van der Waals surface area contributed by atoms with Gasteiger partial charge in [-0.2, -0.15) is 0 Å². The molecule has 0 saturated carbocycles. The van der Waals surface area contributed by atoms with Crippen molar-refractivity contribution < 1.29 is 24.2 Å². The maximum Gasteiger partial charge on any atom is 0.326 e. The molecule has 0 unspecified atom stereocenters. The molecule has 2 aromatic rings. The molecule has 0 fully saturated rings. The largest absolute Gasteiger partial charge is 0.464 e. The molecule has 0 radical (unpaired) electrons. The van der Waals surface area contributed by atoms with E-state index < -0.39 is 23.9 Å². The Morgan fingerprint density at radius 3 is 2.48 bits per heavy atom. The van der Waals surface area contributed by atoms with Crippen LogP contribution >= 0.6 is 15.9 Å². The minimum Gasteiger partial charge on any atom is -0.464 e. The Morgan fingerprint density at radius 2 is 1.84 bits per heavy atom. The van der Waals surface area contributed by atoms with Crippen LogP contribution in [0, 0.1) is 0 Å². The zero-order chi connectivity index (χ0) is 22.6. The summed E-state index contributed by atoms with van der Waals surface area (Å²) < 4.78 is 5.84. The second-order valence-electron chi connectivity index (χ2n) is 7.64. The van der Waals surface area contributed by atoms with Crippen molar-refractivity contribution >= 4 is 39.3 Å². The fraction of sp³-hybridized carbons (Fsp3) is 0.375. The van der Waals surface area contributed by atoms with E-state index in [0.29, 0.717) is 21.3 Å². The van der Waals surface area contributed by atoms with Gasteiger partial charge in [0.15, 0.2) is 11.4 Å². The Labute approximate surface area is 190 Å². The second-order valence-corrected chi connectivity index (χ2v) is 8.55. The molecule has 7 heteroatoms. The molecule has 0 bridgehead atoms. The van der Waals surface area contributed by atoms with Crippen LogP contribution in [0.2, 0.25) is 0 Å². The van der Waals surface area contributed by atoms with Crippen molar-refractivity contribution in [2.45, 2.75) is 45.1 Å². The van der Waals surface area contributed by atoms with E-state index in [-0.39, 0.29) is 18.9 Å². The summed E-state index contributed by atoms with van der Waals surface area (Å²) in [6.07, 6.45) is 2.05. The second kappa shape index (κ2) is 9.75. The first-order valence-corrected chi connectivity index (χ1v) is 11.2. The molecule has 2 aromatic carbocycles. The van der Waals surface area contributed by atoms with Gasteiger partial charge in [0.05, 0.1) is 18.7 Å². The summed E-state index contributed by atoms with van der Waals surface area (Å²) in [5.74, 6) is -1.61. The predicted molar refractivity (Wildman–Crippen MR) is 121 cm³/mol. The number of esters is 1. The topological polar surface area (TPSA) is 83.9 Å². The highest BCUT2D eigenvalue weighted by Crippen LogP contribution is 2.44. The minimum absolute atomic E-state index is 0.279. The molecule has 1 aliphatic heterocycles. The zero-order valence-corrected chi connectivity index (χ0v) is 19.3. The first kappa shape index (κ1) is 23.2. The first-order chi connectivity index (χ1) is 14.8. The number of unbranched alkanes of at least 4 members (excludes halogenated alkanes) is 1. The van der Waals surface area contributed by atoms with E-state index in [0.717, 1.165) is 24.8 Å². The van der Waals surface area contributed by atoms with Crippen LogP contribution in [0.15, 0.2) is 46.9 Å². The monoisotopic (exact) mass is 487 g/mol. The summed E-state index contributed by atoms with van der Waals surface area (Å²) in [5, 5.41) is 11.4. The van der Waals surface area contributed by atoms with Crippen LogP contribution in [-0.4, -0.2) is 35.9 Å². The average Bonchev–Trinajstić information content (AvgIpc) is 2.95. The predicted octanol–water partition coefficient (Wildman–Crippen LogP) is 4.16. The van der Waals surface area contributed by atoms with Gasteiger partial charge in [0.25, 0.3) is 5.91 Å². The number of aryl methyl sites for hydroxylation is 1. The number of fused-ring (bicyclic) bond motifs is 1. The standard InChI is InChI=1S/C24H26BrNO5/c1-3-5-12-31-22(28)15-26-20-11-10-18(25)13-19(20)24(30,23(26)29)14-21(27)17-8-6-16(4-2)7-9-17/h6-11,13,30H,3-5,12,14-15H2,1-2H3/t24-/m0/s1. The lowest BCUT2D eigenvalue weighted by atomic mass is 9.88. The molecular weight excluding hydrogens is 462 g/mol. The highest BCUT2D eigenvalue weighted by atomic mass is 79.9. The smallest absolute Gasteiger partial charge is 0.326 e. The van der Waals surface area contributed by atoms with Crippen molar-refractivity contribution in [3.8, 4) is 0 Å². The summed E-state index contributed by atoms with van der Waals surface area (Å²) in [4.78, 5) is 39.6. The minimum atomic E-state index is -2.05. The van der Waals surface area contributed by atoms with Gasteiger partial charge in [-0.3, -0.25) is 19.3 Å². The number of ether oxygens (including phenoxy) is 1. The number of carbonyl (C=O) groups is 3. The molecule has 6 nitrogen and oxygen atoms in total. The van der Waals surface area contributed by atoms with Crippen LogP contribution in [-0.2, 0) is 26.3 Å². The number of rotatable bonds is 9. The molecule has 0 aromatic heterocycles. The lowest BCUT2D eigenvalue weighted by Crippen LogP contribution is -2.44. The number of ketones is 1. The van der Waals surface area contributed by atoms with E-state index >= 15 is 0 Å². The van der Waals surface area contributed by atoms with Crippen molar-refractivity contribution in [1.29, 1.82) is 0 Å². The molecular formula is C24H26BrNO5.